The van der Waals surface area contributed by atoms with Crippen LogP contribution in [0.2, 0.25) is 0 Å². The quantitative estimate of drug-likeness (QED) is 0.426. The molecule has 0 atom stereocenters. The number of Topliss-reactive ketones (excluding diaryl/α,β-unsaturated/α-hetero) is 1. The zero-order valence-corrected chi connectivity index (χ0v) is 18.6. The molecule has 160 valence electrons. The molecule has 0 unspecified atom stereocenters. The molecule has 1 aromatic rings. The number of hydrogen-bond donors (Lipinski definition) is 0. The fraction of sp³-hybridized carbons (Fsp3) is 0.591. The fourth-order valence-corrected chi connectivity index (χ4v) is 4.48. The highest BCUT2D eigenvalue weighted by Gasteiger charge is 2.35. The zero-order valence-electron chi connectivity index (χ0n) is 17.8. The van der Waals surface area contributed by atoms with Crippen molar-refractivity contribution in [1.82, 2.24) is 4.90 Å². The van der Waals surface area contributed by atoms with Crippen molar-refractivity contribution in [2.24, 2.45) is 0 Å². The molecule has 6 nitrogen and oxygen atoms in total. The summed E-state index contributed by atoms with van der Waals surface area (Å²) in [6.45, 7) is 7.39. The van der Waals surface area contributed by atoms with Crippen LogP contribution in [0.5, 0.6) is 0 Å². The monoisotopic (exact) mass is 421 g/mol. The van der Waals surface area contributed by atoms with Crippen molar-refractivity contribution in [3.8, 4) is 0 Å². The van der Waals surface area contributed by atoms with Crippen LogP contribution in [0.25, 0.3) is 0 Å². The van der Waals surface area contributed by atoms with Crippen molar-refractivity contribution < 1.29 is 22.8 Å². The number of carbonyl (C=O) groups excluding carboxylic acids is 3. The second-order valence-corrected chi connectivity index (χ2v) is 11.5. The minimum atomic E-state index is -3.12. The van der Waals surface area contributed by atoms with Crippen molar-refractivity contribution >= 4 is 27.4 Å². The van der Waals surface area contributed by atoms with Crippen molar-refractivity contribution in [3.05, 3.63) is 34.9 Å². The van der Waals surface area contributed by atoms with Gasteiger partial charge in [0.25, 0.3) is 11.8 Å². The van der Waals surface area contributed by atoms with Crippen LogP contribution in [0.4, 0.5) is 0 Å². The second kappa shape index (κ2) is 9.20. The maximum atomic E-state index is 12.4. The number of imide groups is 1. The smallest absolute Gasteiger partial charge is 0.261 e. The minimum Gasteiger partial charge on any atom is -0.299 e. The molecule has 1 heterocycles. The van der Waals surface area contributed by atoms with Crippen LogP contribution >= 0.6 is 0 Å². The first-order valence-electron chi connectivity index (χ1n) is 10.2. The summed E-state index contributed by atoms with van der Waals surface area (Å²) in [7, 11) is -3.12. The number of carbonyl (C=O) groups is 3. The third-order valence-corrected chi connectivity index (χ3v) is 7.88. The van der Waals surface area contributed by atoms with E-state index in [0.717, 1.165) is 5.56 Å². The minimum absolute atomic E-state index is 0.0471. The number of unbranched alkanes of at least 4 members (excludes halogenated alkanes) is 2. The first-order valence-corrected chi connectivity index (χ1v) is 11.9. The Labute approximate surface area is 173 Å². The third-order valence-electron chi connectivity index (χ3n) is 5.19. The first-order chi connectivity index (χ1) is 13.5. The SMILES string of the molecule is CCCN1C(=O)c2ccc(CC(=O)CCCCCS(=O)(=O)C(C)(C)C)cc2C1=O. The molecule has 0 aliphatic carbocycles. The molecule has 0 radical (unpaired) electrons. The predicted octanol–water partition coefficient (Wildman–Crippen LogP) is 3.58. The number of fused-ring (bicyclic) bond motifs is 1. The Morgan fingerprint density at radius 1 is 1.00 bits per heavy atom. The van der Waals surface area contributed by atoms with E-state index in [-0.39, 0.29) is 29.8 Å². The van der Waals surface area contributed by atoms with Gasteiger partial charge in [0, 0.05) is 19.4 Å². The highest BCUT2D eigenvalue weighted by molar-refractivity contribution is 7.92. The molecular weight excluding hydrogens is 390 g/mol. The van der Waals surface area contributed by atoms with Gasteiger partial charge in [0.2, 0.25) is 0 Å². The predicted molar refractivity (Wildman–Crippen MR) is 113 cm³/mol. The summed E-state index contributed by atoms with van der Waals surface area (Å²) in [5.74, 6) is -0.373. The van der Waals surface area contributed by atoms with E-state index in [0.29, 0.717) is 49.8 Å². The summed E-state index contributed by atoms with van der Waals surface area (Å²) in [5, 5.41) is 0. The van der Waals surface area contributed by atoms with Crippen LogP contribution in [0, 0.1) is 0 Å². The maximum absolute atomic E-state index is 12.4. The van der Waals surface area contributed by atoms with Crippen LogP contribution in [-0.2, 0) is 21.1 Å². The number of ketones is 1. The average Bonchev–Trinajstić information content (AvgIpc) is 2.85. The van der Waals surface area contributed by atoms with Gasteiger partial charge in [-0.1, -0.05) is 19.4 Å². The largest absolute Gasteiger partial charge is 0.299 e. The van der Waals surface area contributed by atoms with E-state index in [9.17, 15) is 22.8 Å². The van der Waals surface area contributed by atoms with Crippen LogP contribution < -0.4 is 0 Å². The second-order valence-electron chi connectivity index (χ2n) is 8.60. The molecule has 0 bridgehead atoms. The average molecular weight is 422 g/mol. The van der Waals surface area contributed by atoms with Gasteiger partial charge < -0.3 is 0 Å². The molecule has 0 saturated carbocycles. The molecule has 0 fully saturated rings. The van der Waals surface area contributed by atoms with Crippen LogP contribution in [0.3, 0.4) is 0 Å². The van der Waals surface area contributed by atoms with Crippen LogP contribution in [0.15, 0.2) is 18.2 Å². The summed E-state index contributed by atoms with van der Waals surface area (Å²) >= 11 is 0. The van der Waals surface area contributed by atoms with Gasteiger partial charge >= 0.3 is 0 Å². The number of sulfone groups is 1. The van der Waals surface area contributed by atoms with Gasteiger partial charge in [0.1, 0.15) is 5.78 Å². The number of benzene rings is 1. The topological polar surface area (TPSA) is 88.6 Å². The van der Waals surface area contributed by atoms with Gasteiger partial charge in [0.05, 0.1) is 21.6 Å². The van der Waals surface area contributed by atoms with Crippen molar-refractivity contribution in [2.45, 2.75) is 71.0 Å². The molecule has 1 aliphatic heterocycles. The van der Waals surface area contributed by atoms with Crippen LogP contribution in [0.1, 0.15) is 86.1 Å². The Morgan fingerprint density at radius 2 is 1.66 bits per heavy atom. The molecule has 1 aliphatic rings. The highest BCUT2D eigenvalue weighted by Crippen LogP contribution is 2.25. The van der Waals surface area contributed by atoms with Gasteiger partial charge in [-0.2, -0.15) is 0 Å². The molecule has 0 saturated heterocycles. The van der Waals surface area contributed by atoms with E-state index in [4.69, 9.17) is 0 Å². The van der Waals surface area contributed by atoms with E-state index in [2.05, 4.69) is 0 Å². The Hall–Kier alpha value is -2.02. The summed E-state index contributed by atoms with van der Waals surface area (Å²) in [6.07, 6.45) is 3.17. The van der Waals surface area contributed by atoms with Gasteiger partial charge in [-0.05, 0) is 57.7 Å². The summed E-state index contributed by atoms with van der Waals surface area (Å²) < 4.78 is 23.4. The summed E-state index contributed by atoms with van der Waals surface area (Å²) in [5.41, 5.74) is 1.50. The van der Waals surface area contributed by atoms with E-state index >= 15 is 0 Å². The van der Waals surface area contributed by atoms with Gasteiger partial charge in [-0.3, -0.25) is 19.3 Å². The normalized spacial score (nSPS) is 14.4. The Morgan fingerprint density at radius 3 is 2.28 bits per heavy atom. The number of rotatable bonds is 10. The first kappa shape index (κ1) is 23.3. The molecule has 7 heteroatoms. The maximum Gasteiger partial charge on any atom is 0.261 e. The number of nitrogens with zero attached hydrogens (tertiary/aromatic N) is 1. The molecule has 0 spiro atoms. The lowest BCUT2D eigenvalue weighted by Crippen LogP contribution is -2.30. The fourth-order valence-electron chi connectivity index (χ4n) is 3.29. The van der Waals surface area contributed by atoms with Gasteiger partial charge in [-0.25, -0.2) is 8.42 Å². The third kappa shape index (κ3) is 5.53. The van der Waals surface area contributed by atoms with E-state index in [1.54, 1.807) is 39.0 Å². The Kier molecular flexibility index (Phi) is 7.38. The lowest BCUT2D eigenvalue weighted by molar-refractivity contribution is -0.118. The van der Waals surface area contributed by atoms with E-state index in [1.165, 1.54) is 4.90 Å². The number of amides is 2. The molecule has 2 amide bonds. The molecule has 0 aromatic heterocycles. The number of hydrogen-bond acceptors (Lipinski definition) is 5. The lowest BCUT2D eigenvalue weighted by atomic mass is 10.00. The summed E-state index contributed by atoms with van der Waals surface area (Å²) in [6, 6.07) is 5.01. The molecule has 0 N–H and O–H groups in total. The molecule has 29 heavy (non-hydrogen) atoms. The Balaban J connectivity index is 1.84. The van der Waals surface area contributed by atoms with E-state index < -0.39 is 14.6 Å². The Bertz CT molecular complexity index is 896. The lowest BCUT2D eigenvalue weighted by Gasteiger charge is -2.18. The molecular formula is C22H31NO5S. The molecule has 1 aromatic carbocycles. The van der Waals surface area contributed by atoms with Crippen molar-refractivity contribution in [2.75, 3.05) is 12.3 Å². The van der Waals surface area contributed by atoms with Gasteiger partial charge in [0.15, 0.2) is 9.84 Å². The van der Waals surface area contributed by atoms with Crippen LogP contribution in [-0.4, -0.2) is 48.0 Å². The standard InChI is InChI=1S/C22H31NO5S/c1-5-12-23-20(25)18-11-10-16(15-19(18)21(23)26)14-17(24)9-7-6-8-13-29(27,28)22(2,3)4/h10-11,15H,5-9,12-14H2,1-4H3. The van der Waals surface area contributed by atoms with Crippen molar-refractivity contribution in [1.29, 1.82) is 0 Å². The molecule has 2 rings (SSSR count). The van der Waals surface area contributed by atoms with Crippen molar-refractivity contribution in [3.63, 3.8) is 0 Å². The van der Waals surface area contributed by atoms with Gasteiger partial charge in [-0.15, -0.1) is 0 Å². The summed E-state index contributed by atoms with van der Waals surface area (Å²) in [4.78, 5) is 38.2. The van der Waals surface area contributed by atoms with E-state index in [1.807, 2.05) is 6.92 Å². The zero-order chi connectivity index (χ0) is 21.8. The highest BCUT2D eigenvalue weighted by atomic mass is 32.2.